The number of phosphoric acid groups is 1. The number of nitrogens with one attached hydrogen (secondary N) is 1. The number of fused-ring (bicyclic) bond motifs is 6. The highest BCUT2D eigenvalue weighted by molar-refractivity contribution is 7.47. The van der Waals surface area contributed by atoms with Gasteiger partial charge in [-0.2, -0.15) is 0 Å². The Kier molecular flexibility index (Phi) is 19.6. The van der Waals surface area contributed by atoms with Gasteiger partial charge in [0.25, 0.3) is 0 Å². The molecule has 1 aromatic carbocycles. The number of imidazole rings is 1. The Hall–Kier alpha value is -6.93. The number of primary amides is 5. The Morgan fingerprint density at radius 2 is 1.36 bits per heavy atom. The third-order valence-electron chi connectivity index (χ3n) is 20.3. The summed E-state index contributed by atoms with van der Waals surface area (Å²) < 4.78 is 32.3. The maximum Gasteiger partial charge on any atom is 0.472 e. The first-order valence-corrected chi connectivity index (χ1v) is 32.1. The smallest absolute Gasteiger partial charge is 0.394 e. The van der Waals surface area contributed by atoms with Gasteiger partial charge >= 0.3 is 7.82 Å². The molecule has 1 fully saturated rings. The van der Waals surface area contributed by atoms with Crippen molar-refractivity contribution in [2.75, 3.05) is 13.2 Å². The van der Waals surface area contributed by atoms with Gasteiger partial charge in [0.05, 0.1) is 47.2 Å². The maximum atomic E-state index is 14.4. The van der Waals surface area contributed by atoms with Crippen LogP contribution < -0.4 is 34.0 Å². The molecule has 26 nitrogen and oxygen atoms in total. The molecule has 7 heterocycles. The van der Waals surface area contributed by atoms with Crippen molar-refractivity contribution in [3.8, 4) is 0 Å². The minimum Gasteiger partial charge on any atom is -0.394 e. The van der Waals surface area contributed by atoms with Crippen molar-refractivity contribution in [3.05, 3.63) is 63.9 Å². The molecule has 1 saturated heterocycles. The summed E-state index contributed by atoms with van der Waals surface area (Å²) in [5.74, 6) is -6.81. The SMILES string of the molecule is CC(=O)CCC1C2=NC(=C(C)C3=NC(C)(C4=NC(=C(C)C5=NC(=C2)C(C)(C)C5CCC(N)=O)C(C)(CCC(=O)NCC(C)OP(=O)(O)OC2C(O)[C@@H](n5cnc6cc(C)c(C)cc65)O[C@@H]2CO)C4CC(N)=O)C(C)(CC(N)=O)C3CCC(N)=O)C1(C)CC(N)=O. The highest BCUT2D eigenvalue weighted by Gasteiger charge is 2.65. The second-order valence-corrected chi connectivity index (χ2v) is 28.4. The summed E-state index contributed by atoms with van der Waals surface area (Å²) in [6.07, 6.45) is -4.07. The fourth-order valence-electron chi connectivity index (χ4n) is 15.1. The Bertz CT molecular complexity index is 3600. The molecule has 6 amide bonds. The number of nitrogens with two attached hydrogens (primary N) is 5. The number of rotatable bonds is 26. The minimum atomic E-state index is -5.07. The number of benzene rings is 1. The van der Waals surface area contributed by atoms with E-state index in [2.05, 4.69) is 10.3 Å². The van der Waals surface area contributed by atoms with Crippen LogP contribution in [0.5, 0.6) is 0 Å². The molecule has 90 heavy (non-hydrogen) atoms. The molecule has 490 valence electrons. The van der Waals surface area contributed by atoms with Crippen LogP contribution in [0.15, 0.2) is 72.7 Å². The van der Waals surface area contributed by atoms with E-state index in [4.69, 9.17) is 62.4 Å². The zero-order valence-corrected chi connectivity index (χ0v) is 54.4. The zero-order valence-electron chi connectivity index (χ0n) is 53.5. The van der Waals surface area contributed by atoms with Gasteiger partial charge in [-0.25, -0.2) is 9.55 Å². The van der Waals surface area contributed by atoms with Crippen molar-refractivity contribution in [2.45, 2.75) is 190 Å². The zero-order chi connectivity index (χ0) is 66.7. The minimum absolute atomic E-state index is 0.0270. The number of aliphatic hydroxyl groups is 2. The molecule has 12 unspecified atom stereocenters. The van der Waals surface area contributed by atoms with E-state index in [9.17, 15) is 53.2 Å². The highest BCUT2D eigenvalue weighted by Crippen LogP contribution is 2.62. The van der Waals surface area contributed by atoms with Crippen molar-refractivity contribution < 1.29 is 67.0 Å². The molecule has 0 radical (unpaired) electrons. The lowest BCUT2D eigenvalue weighted by molar-refractivity contribution is -0.123. The van der Waals surface area contributed by atoms with Gasteiger partial charge < -0.3 is 63.2 Å². The molecule has 8 bridgehead atoms. The van der Waals surface area contributed by atoms with Crippen molar-refractivity contribution in [1.82, 2.24) is 14.9 Å². The predicted octanol–water partition coefficient (Wildman–Crippen LogP) is 4.75. The number of amides is 6. The van der Waals surface area contributed by atoms with Gasteiger partial charge in [0.15, 0.2) is 6.23 Å². The molecule has 14 atom stereocenters. The van der Waals surface area contributed by atoms with Crippen molar-refractivity contribution in [2.24, 2.45) is 94.0 Å². The maximum absolute atomic E-state index is 14.4. The van der Waals surface area contributed by atoms with Crippen LogP contribution in [-0.4, -0.2) is 132 Å². The Morgan fingerprint density at radius 1 is 0.756 bits per heavy atom. The van der Waals surface area contributed by atoms with E-state index in [0.29, 0.717) is 62.1 Å². The Balaban J connectivity index is 1.20. The topological polar surface area (TPSA) is 434 Å². The third kappa shape index (κ3) is 13.0. The van der Waals surface area contributed by atoms with Crippen LogP contribution in [0.25, 0.3) is 11.0 Å². The van der Waals surface area contributed by atoms with Crippen LogP contribution in [0.4, 0.5) is 0 Å². The fourth-order valence-corrected chi connectivity index (χ4v) is 16.2. The molecule has 6 aliphatic rings. The number of ether oxygens (including phenoxy) is 1. The number of nitrogens with zero attached hydrogens (tertiary/aromatic N) is 6. The Morgan fingerprint density at radius 3 is 1.96 bits per heavy atom. The van der Waals surface area contributed by atoms with Crippen molar-refractivity contribution in [3.63, 3.8) is 0 Å². The summed E-state index contributed by atoms with van der Waals surface area (Å²) in [5.41, 5.74) is 31.4. The molecular formula is C63H89N12O14P. The summed E-state index contributed by atoms with van der Waals surface area (Å²) >= 11 is 0. The van der Waals surface area contributed by atoms with Crippen LogP contribution in [-0.2, 0) is 51.9 Å². The van der Waals surface area contributed by atoms with Crippen LogP contribution in [0, 0.1) is 59.2 Å². The number of allylic oxidation sites excluding steroid dienone is 6. The average molecular weight is 1270 g/mol. The molecule has 6 aliphatic heterocycles. The number of Topliss-reactive ketones (excluding diaryl/α,β-unsaturated/α-hetero) is 1. The van der Waals surface area contributed by atoms with Gasteiger partial charge in [-0.05, 0) is 115 Å². The van der Waals surface area contributed by atoms with Crippen LogP contribution in [0.2, 0.25) is 0 Å². The number of hydrogen-bond acceptors (Lipinski definition) is 18. The summed E-state index contributed by atoms with van der Waals surface area (Å²) in [5, 5.41) is 24.6. The molecule has 27 heteroatoms. The van der Waals surface area contributed by atoms with Crippen LogP contribution >= 0.6 is 7.82 Å². The molecule has 8 rings (SSSR count). The van der Waals surface area contributed by atoms with E-state index in [-0.39, 0.29) is 83.0 Å². The van der Waals surface area contributed by atoms with Gasteiger partial charge in [0, 0.05) is 120 Å². The lowest BCUT2D eigenvalue weighted by Crippen LogP contribution is -2.54. The van der Waals surface area contributed by atoms with E-state index in [0.717, 1.165) is 11.1 Å². The second kappa shape index (κ2) is 25.6. The average Bonchev–Trinajstić information content (AvgIpc) is 1.53. The number of aliphatic hydroxyl groups excluding tert-OH is 2. The number of phosphoric ester groups is 1. The van der Waals surface area contributed by atoms with Crippen molar-refractivity contribution >= 4 is 82.9 Å². The van der Waals surface area contributed by atoms with Gasteiger partial charge in [-0.15, -0.1) is 0 Å². The molecule has 0 aliphatic carbocycles. The number of aliphatic imine (C=N–C) groups is 4. The highest BCUT2D eigenvalue weighted by atomic mass is 31.2. The lowest BCUT2D eigenvalue weighted by Gasteiger charge is -2.45. The molecular weight excluding hydrogens is 1180 g/mol. The van der Waals surface area contributed by atoms with Crippen LogP contribution in [0.1, 0.15) is 157 Å². The van der Waals surface area contributed by atoms with Crippen LogP contribution in [0.3, 0.4) is 0 Å². The molecule has 2 aromatic rings. The first-order valence-electron chi connectivity index (χ1n) is 30.6. The monoisotopic (exact) mass is 1270 g/mol. The summed E-state index contributed by atoms with van der Waals surface area (Å²) in [4.78, 5) is 131. The fraction of sp³-hybridized carbons (Fsp3) is 0.619. The lowest BCUT2D eigenvalue weighted by atomic mass is 9.56. The van der Waals surface area contributed by atoms with Crippen molar-refractivity contribution in [1.29, 1.82) is 0 Å². The predicted molar refractivity (Wildman–Crippen MR) is 336 cm³/mol. The van der Waals surface area contributed by atoms with E-state index < -0.39 is 131 Å². The molecule has 0 spiro atoms. The van der Waals surface area contributed by atoms with E-state index in [1.807, 2.05) is 73.6 Å². The second-order valence-electron chi connectivity index (χ2n) is 27.0. The van der Waals surface area contributed by atoms with Gasteiger partial charge in [0.2, 0.25) is 35.4 Å². The van der Waals surface area contributed by atoms with Gasteiger partial charge in [-0.3, -0.25) is 57.8 Å². The van der Waals surface area contributed by atoms with E-state index in [1.165, 1.54) is 20.2 Å². The van der Waals surface area contributed by atoms with Gasteiger partial charge in [0.1, 0.15) is 29.6 Å². The number of hydrogen-bond donors (Lipinski definition) is 9. The molecule has 1 aromatic heterocycles. The first-order chi connectivity index (χ1) is 41.8. The normalized spacial score (nSPS) is 31.3. The van der Waals surface area contributed by atoms with E-state index in [1.54, 1.807) is 18.4 Å². The third-order valence-corrected chi connectivity index (χ3v) is 21.4. The standard InChI is InChI=1S/C63H89N12O14P/c1-30-21-41-42(22-31(30)2)75(29-70-41)58-53(84)54(43(28-76)87-58)89-90(85,86)88-33(4)27-69-50(83)19-20-60(9)39(23-47(66)80)57-63(12)62(11,26-49(68)82)38(16-18-46(65)79)52(74-63)35(6)56-61(10,25-48(67)81)36(14-13-32(3)77)40(71-56)24-44-59(7,8)37(15-17-45(64)78)51(72-44)34(5)55(60)73-57/h21-22,24,29,33,36-39,43,53-54,58,76,84H,13-20,23,25-28H2,1-12H3,(H2,64,78)(H2,65,79)(H2,66,80)(H2,67,81)(H2,68,82)(H,69,83)(H,85,86)/t33?,36?,37?,38?,39?,43-,53?,54?,58+,60?,61?,62?,63?/m1/s1. The number of ketones is 1. The molecule has 14 N–H and O–H groups in total. The Labute approximate surface area is 523 Å². The summed E-state index contributed by atoms with van der Waals surface area (Å²) in [7, 11) is -5.07. The number of carbonyl (C=O) groups excluding carboxylic acids is 7. The largest absolute Gasteiger partial charge is 0.472 e. The van der Waals surface area contributed by atoms with E-state index >= 15 is 0 Å². The number of carbonyl (C=O) groups is 7. The van der Waals surface area contributed by atoms with Gasteiger partial charge in [-0.1, -0.05) is 34.6 Å². The quantitative estimate of drug-likeness (QED) is 0.0574. The first kappa shape index (κ1) is 69.0. The molecule has 0 saturated carbocycles. The number of aromatic nitrogens is 2. The number of aryl methyl sites for hydroxylation is 2. The summed E-state index contributed by atoms with van der Waals surface area (Å²) in [6, 6.07) is 3.74. The summed E-state index contributed by atoms with van der Waals surface area (Å²) in [6.45, 7) is 20.7.